The van der Waals surface area contributed by atoms with Crippen molar-refractivity contribution >= 4 is 16.6 Å². The third-order valence-corrected chi connectivity index (χ3v) is 2.24. The second kappa shape index (κ2) is 3.70. The molecule has 0 amide bonds. The van der Waals surface area contributed by atoms with Crippen molar-refractivity contribution in [2.75, 3.05) is 7.11 Å². The zero-order valence-corrected chi connectivity index (χ0v) is 8.21. The molecule has 2 rings (SSSR count). The van der Waals surface area contributed by atoms with E-state index in [2.05, 4.69) is 0 Å². The van der Waals surface area contributed by atoms with Crippen LogP contribution in [-0.4, -0.2) is 16.6 Å². The summed E-state index contributed by atoms with van der Waals surface area (Å²) in [5.74, 6) is 0. The topological polar surface area (TPSA) is 57.3 Å². The van der Waals surface area contributed by atoms with Gasteiger partial charge in [0, 0.05) is 30.8 Å². The molecule has 0 aliphatic rings. The first-order valence-corrected chi connectivity index (χ1v) is 4.44. The number of non-ortho nitro benzene ring substituents is 1. The first-order chi connectivity index (χ1) is 7.22. The van der Waals surface area contributed by atoms with Crippen molar-refractivity contribution in [2.45, 2.75) is 6.73 Å². The average molecular weight is 206 g/mol. The van der Waals surface area contributed by atoms with Crippen molar-refractivity contribution < 1.29 is 9.66 Å². The molecular formula is C10H10N2O3. The fraction of sp³-hybridized carbons (Fsp3) is 0.200. The fourth-order valence-electron chi connectivity index (χ4n) is 1.54. The third kappa shape index (κ3) is 1.69. The van der Waals surface area contributed by atoms with Crippen LogP contribution in [0.4, 0.5) is 5.69 Å². The molecule has 5 heteroatoms. The molecule has 0 aliphatic carbocycles. The second-order valence-corrected chi connectivity index (χ2v) is 3.20. The molecule has 0 N–H and O–H groups in total. The Labute approximate surface area is 86.0 Å². The monoisotopic (exact) mass is 206 g/mol. The van der Waals surface area contributed by atoms with E-state index in [1.165, 1.54) is 6.07 Å². The molecule has 0 radical (unpaired) electrons. The zero-order chi connectivity index (χ0) is 10.8. The molecule has 1 aromatic heterocycles. The number of hydrogen-bond donors (Lipinski definition) is 0. The summed E-state index contributed by atoms with van der Waals surface area (Å²) in [5, 5.41) is 11.6. The quantitative estimate of drug-likeness (QED) is 0.571. The minimum Gasteiger partial charge on any atom is -0.364 e. The van der Waals surface area contributed by atoms with Crippen molar-refractivity contribution in [1.29, 1.82) is 0 Å². The van der Waals surface area contributed by atoms with Crippen LogP contribution >= 0.6 is 0 Å². The standard InChI is InChI=1S/C10H10N2O3/c1-15-7-11-5-4-8-2-3-9(12(13)14)6-10(8)11/h2-6H,7H2,1H3. The molecule has 0 saturated heterocycles. The summed E-state index contributed by atoms with van der Waals surface area (Å²) >= 11 is 0. The summed E-state index contributed by atoms with van der Waals surface area (Å²) in [6.45, 7) is 0.394. The molecular weight excluding hydrogens is 196 g/mol. The van der Waals surface area contributed by atoms with Gasteiger partial charge < -0.3 is 9.30 Å². The van der Waals surface area contributed by atoms with Gasteiger partial charge in [-0.3, -0.25) is 10.1 Å². The molecule has 5 nitrogen and oxygen atoms in total. The number of rotatable bonds is 3. The SMILES string of the molecule is COCn1ccc2ccc([N+](=O)[O-])cc21. The van der Waals surface area contributed by atoms with Gasteiger partial charge in [0.1, 0.15) is 6.73 Å². The Balaban J connectivity index is 2.56. The molecule has 78 valence electrons. The molecule has 1 heterocycles. The van der Waals surface area contributed by atoms with Crippen LogP contribution in [0, 0.1) is 10.1 Å². The van der Waals surface area contributed by atoms with Gasteiger partial charge in [-0.15, -0.1) is 0 Å². The molecule has 2 aromatic rings. The van der Waals surface area contributed by atoms with E-state index in [0.717, 1.165) is 10.9 Å². The first kappa shape index (κ1) is 9.67. The number of nitrogens with zero attached hydrogens (tertiary/aromatic N) is 2. The molecule has 15 heavy (non-hydrogen) atoms. The second-order valence-electron chi connectivity index (χ2n) is 3.20. The highest BCUT2D eigenvalue weighted by molar-refractivity contribution is 5.82. The number of nitro benzene ring substituents is 1. The molecule has 0 aliphatic heterocycles. The molecule has 0 saturated carbocycles. The van der Waals surface area contributed by atoms with Crippen molar-refractivity contribution in [1.82, 2.24) is 4.57 Å². The summed E-state index contributed by atoms with van der Waals surface area (Å²) in [5.41, 5.74) is 0.907. The summed E-state index contributed by atoms with van der Waals surface area (Å²) in [6, 6.07) is 6.69. The number of ether oxygens (including phenoxy) is 1. The molecule has 0 spiro atoms. The molecule has 0 unspecified atom stereocenters. The Morgan fingerprint density at radius 2 is 2.27 bits per heavy atom. The number of aromatic nitrogens is 1. The lowest BCUT2D eigenvalue weighted by Crippen LogP contribution is -1.97. The number of fused-ring (bicyclic) bond motifs is 1. The van der Waals surface area contributed by atoms with Gasteiger partial charge >= 0.3 is 0 Å². The van der Waals surface area contributed by atoms with Crippen molar-refractivity contribution in [3.8, 4) is 0 Å². The number of nitro groups is 1. The lowest BCUT2D eigenvalue weighted by Gasteiger charge is -2.02. The lowest BCUT2D eigenvalue weighted by atomic mass is 10.2. The number of hydrogen-bond acceptors (Lipinski definition) is 3. The molecule has 1 aromatic carbocycles. The van der Waals surface area contributed by atoms with Gasteiger partial charge in [-0.1, -0.05) is 0 Å². The largest absolute Gasteiger partial charge is 0.364 e. The van der Waals surface area contributed by atoms with Gasteiger partial charge in [0.2, 0.25) is 0 Å². The van der Waals surface area contributed by atoms with Crippen molar-refractivity contribution in [3.63, 3.8) is 0 Å². The minimum absolute atomic E-state index is 0.0959. The number of benzene rings is 1. The molecule has 0 bridgehead atoms. The fourth-order valence-corrected chi connectivity index (χ4v) is 1.54. The lowest BCUT2D eigenvalue weighted by molar-refractivity contribution is -0.384. The van der Waals surface area contributed by atoms with Crippen LogP contribution in [0.2, 0.25) is 0 Å². The van der Waals surface area contributed by atoms with Crippen LogP contribution in [0.5, 0.6) is 0 Å². The Bertz CT molecular complexity index is 504. The zero-order valence-electron chi connectivity index (χ0n) is 8.21. The van der Waals surface area contributed by atoms with Crippen LogP contribution in [0.15, 0.2) is 30.5 Å². The summed E-state index contributed by atoms with van der Waals surface area (Å²) in [4.78, 5) is 10.2. The van der Waals surface area contributed by atoms with Crippen molar-refractivity contribution in [2.24, 2.45) is 0 Å². The Hall–Kier alpha value is -1.88. The van der Waals surface area contributed by atoms with E-state index in [-0.39, 0.29) is 5.69 Å². The maximum absolute atomic E-state index is 10.6. The van der Waals surface area contributed by atoms with E-state index < -0.39 is 4.92 Å². The van der Waals surface area contributed by atoms with E-state index in [1.807, 2.05) is 16.8 Å². The van der Waals surface area contributed by atoms with Crippen LogP contribution in [0.25, 0.3) is 10.9 Å². The van der Waals surface area contributed by atoms with E-state index in [1.54, 1.807) is 19.2 Å². The highest BCUT2D eigenvalue weighted by atomic mass is 16.6. The van der Waals surface area contributed by atoms with E-state index in [9.17, 15) is 10.1 Å². The normalized spacial score (nSPS) is 10.7. The first-order valence-electron chi connectivity index (χ1n) is 4.44. The highest BCUT2D eigenvalue weighted by Gasteiger charge is 2.08. The van der Waals surface area contributed by atoms with Gasteiger partial charge in [0.05, 0.1) is 10.4 Å². The van der Waals surface area contributed by atoms with Crippen LogP contribution in [-0.2, 0) is 11.5 Å². The smallest absolute Gasteiger partial charge is 0.271 e. The van der Waals surface area contributed by atoms with Crippen molar-refractivity contribution in [3.05, 3.63) is 40.6 Å². The third-order valence-electron chi connectivity index (χ3n) is 2.24. The van der Waals surface area contributed by atoms with Crippen LogP contribution < -0.4 is 0 Å². The number of methoxy groups -OCH3 is 1. The summed E-state index contributed by atoms with van der Waals surface area (Å²) < 4.78 is 6.81. The molecule has 0 atom stereocenters. The van der Waals surface area contributed by atoms with Crippen LogP contribution in [0.3, 0.4) is 0 Å². The van der Waals surface area contributed by atoms with Crippen LogP contribution in [0.1, 0.15) is 0 Å². The predicted octanol–water partition coefficient (Wildman–Crippen LogP) is 2.15. The Morgan fingerprint density at radius 1 is 1.47 bits per heavy atom. The van der Waals surface area contributed by atoms with E-state index in [0.29, 0.717) is 6.73 Å². The Kier molecular flexibility index (Phi) is 2.39. The van der Waals surface area contributed by atoms with Gasteiger partial charge in [-0.25, -0.2) is 0 Å². The van der Waals surface area contributed by atoms with E-state index in [4.69, 9.17) is 4.74 Å². The maximum Gasteiger partial charge on any atom is 0.271 e. The van der Waals surface area contributed by atoms with Gasteiger partial charge in [0.25, 0.3) is 5.69 Å². The minimum atomic E-state index is -0.399. The average Bonchev–Trinajstić information content (AvgIpc) is 2.61. The highest BCUT2D eigenvalue weighted by Crippen LogP contribution is 2.21. The predicted molar refractivity (Wildman–Crippen MR) is 55.6 cm³/mol. The van der Waals surface area contributed by atoms with Gasteiger partial charge in [-0.05, 0) is 12.1 Å². The molecule has 0 fully saturated rings. The van der Waals surface area contributed by atoms with E-state index >= 15 is 0 Å². The summed E-state index contributed by atoms with van der Waals surface area (Å²) in [7, 11) is 1.59. The maximum atomic E-state index is 10.6. The van der Waals surface area contributed by atoms with Gasteiger partial charge in [0.15, 0.2) is 0 Å². The van der Waals surface area contributed by atoms with Gasteiger partial charge in [-0.2, -0.15) is 0 Å². The Morgan fingerprint density at radius 3 is 2.93 bits per heavy atom. The summed E-state index contributed by atoms with van der Waals surface area (Å²) in [6.07, 6.45) is 1.85.